The van der Waals surface area contributed by atoms with Gasteiger partial charge in [-0.2, -0.15) is 4.37 Å². The zero-order valence-corrected chi connectivity index (χ0v) is 8.72. The summed E-state index contributed by atoms with van der Waals surface area (Å²) >= 11 is 1.27. The maximum Gasteiger partial charge on any atom is 0.139 e. The van der Waals surface area contributed by atoms with Crippen LogP contribution in [-0.2, 0) is 6.54 Å². The molecule has 1 aromatic carbocycles. The summed E-state index contributed by atoms with van der Waals surface area (Å²) in [5.41, 5.74) is 6.09. The molecule has 3 N–H and O–H groups in total. The van der Waals surface area contributed by atoms with Crippen LogP contribution in [-0.4, -0.2) is 4.37 Å². The van der Waals surface area contributed by atoms with E-state index < -0.39 is 0 Å². The molecule has 0 radical (unpaired) electrons. The van der Waals surface area contributed by atoms with Gasteiger partial charge in [0.1, 0.15) is 16.6 Å². The van der Waals surface area contributed by atoms with Crippen molar-refractivity contribution in [3.8, 4) is 0 Å². The summed E-state index contributed by atoms with van der Waals surface area (Å²) in [6, 6.07) is 8.39. The van der Waals surface area contributed by atoms with Crippen molar-refractivity contribution in [2.75, 3.05) is 11.1 Å². The van der Waals surface area contributed by atoms with Gasteiger partial charge in [-0.15, -0.1) is 0 Å². The molecular weight excluding hydrogens is 213 g/mol. The molecule has 15 heavy (non-hydrogen) atoms. The fourth-order valence-corrected chi connectivity index (χ4v) is 1.76. The first-order valence-corrected chi connectivity index (χ1v) is 5.22. The molecule has 0 fully saturated rings. The van der Waals surface area contributed by atoms with Crippen molar-refractivity contribution >= 4 is 22.4 Å². The van der Waals surface area contributed by atoms with Gasteiger partial charge in [-0.3, -0.25) is 0 Å². The average molecular weight is 223 g/mol. The molecule has 1 heterocycles. The fourth-order valence-electron chi connectivity index (χ4n) is 1.20. The second-order valence-electron chi connectivity index (χ2n) is 3.06. The predicted octanol–water partition coefficient (Wildman–Crippen LogP) is 2.48. The van der Waals surface area contributed by atoms with E-state index in [4.69, 9.17) is 5.73 Å². The highest BCUT2D eigenvalue weighted by Gasteiger charge is 2.01. The Morgan fingerprint density at radius 2 is 2.20 bits per heavy atom. The smallest absolute Gasteiger partial charge is 0.139 e. The molecule has 2 rings (SSSR count). The minimum Gasteiger partial charge on any atom is -0.383 e. The van der Waals surface area contributed by atoms with Gasteiger partial charge in [0.15, 0.2) is 0 Å². The lowest BCUT2D eigenvalue weighted by Crippen LogP contribution is -1.99. The summed E-state index contributed by atoms with van der Waals surface area (Å²) in [5.74, 6) is 0.276. The lowest BCUT2D eigenvalue weighted by molar-refractivity contribution is 0.613. The van der Waals surface area contributed by atoms with Crippen LogP contribution in [0.3, 0.4) is 0 Å². The van der Waals surface area contributed by atoms with E-state index in [9.17, 15) is 4.39 Å². The summed E-state index contributed by atoms with van der Waals surface area (Å²) in [6.07, 6.45) is 0. The van der Waals surface area contributed by atoms with Crippen LogP contribution in [0, 0.1) is 5.82 Å². The zero-order valence-electron chi connectivity index (χ0n) is 7.90. The molecule has 0 aliphatic rings. The third kappa shape index (κ3) is 2.44. The van der Waals surface area contributed by atoms with Crippen LogP contribution in [0.1, 0.15) is 5.56 Å². The number of nitrogens with one attached hydrogen (secondary N) is 1. The molecule has 2 aromatic rings. The van der Waals surface area contributed by atoms with E-state index in [0.29, 0.717) is 17.9 Å². The van der Waals surface area contributed by atoms with E-state index in [2.05, 4.69) is 9.69 Å². The highest BCUT2D eigenvalue weighted by Crippen LogP contribution is 2.18. The Morgan fingerprint density at radius 3 is 2.87 bits per heavy atom. The number of anilines is 2. The molecule has 0 unspecified atom stereocenters. The summed E-state index contributed by atoms with van der Waals surface area (Å²) < 4.78 is 17.1. The highest BCUT2D eigenvalue weighted by molar-refractivity contribution is 7.10. The maximum absolute atomic E-state index is 13.2. The molecule has 0 spiro atoms. The van der Waals surface area contributed by atoms with Crippen LogP contribution < -0.4 is 11.1 Å². The van der Waals surface area contributed by atoms with Crippen molar-refractivity contribution < 1.29 is 4.39 Å². The van der Waals surface area contributed by atoms with Gasteiger partial charge in [0.2, 0.25) is 0 Å². The van der Waals surface area contributed by atoms with Gasteiger partial charge in [0, 0.05) is 18.2 Å². The molecule has 0 atom stereocenters. The lowest BCUT2D eigenvalue weighted by atomic mass is 10.2. The monoisotopic (exact) mass is 223 g/mol. The first-order chi connectivity index (χ1) is 7.25. The Hall–Kier alpha value is -1.62. The number of benzene rings is 1. The maximum atomic E-state index is 13.2. The summed E-state index contributed by atoms with van der Waals surface area (Å²) in [4.78, 5) is 0. The SMILES string of the molecule is Nc1cc(NCc2ccccc2F)sn1. The Bertz CT molecular complexity index is 455. The molecule has 0 saturated carbocycles. The van der Waals surface area contributed by atoms with Crippen molar-refractivity contribution in [3.63, 3.8) is 0 Å². The highest BCUT2D eigenvalue weighted by atomic mass is 32.1. The summed E-state index contributed by atoms with van der Waals surface area (Å²) in [6.45, 7) is 0.439. The first-order valence-electron chi connectivity index (χ1n) is 4.45. The van der Waals surface area contributed by atoms with E-state index >= 15 is 0 Å². The molecule has 0 saturated heterocycles. The van der Waals surface area contributed by atoms with Crippen molar-refractivity contribution in [2.24, 2.45) is 0 Å². The second-order valence-corrected chi connectivity index (χ2v) is 3.87. The molecular formula is C10H10FN3S. The standard InChI is InChI=1S/C10H10FN3S/c11-8-4-2-1-3-7(8)6-13-10-5-9(12)14-15-10/h1-5,13H,6H2,(H2,12,14). The van der Waals surface area contributed by atoms with Crippen LogP contribution in [0.2, 0.25) is 0 Å². The topological polar surface area (TPSA) is 50.9 Å². The Balaban J connectivity index is 2.02. The molecule has 0 aliphatic carbocycles. The number of hydrogen-bond acceptors (Lipinski definition) is 4. The second kappa shape index (κ2) is 4.27. The van der Waals surface area contributed by atoms with Crippen LogP contribution in [0.15, 0.2) is 30.3 Å². The van der Waals surface area contributed by atoms with Gasteiger partial charge >= 0.3 is 0 Å². The van der Waals surface area contributed by atoms with Gasteiger partial charge in [-0.25, -0.2) is 4.39 Å². The Kier molecular flexibility index (Phi) is 2.82. The van der Waals surface area contributed by atoms with Gasteiger partial charge in [-0.05, 0) is 17.6 Å². The molecule has 0 bridgehead atoms. The van der Waals surface area contributed by atoms with Crippen LogP contribution in [0.5, 0.6) is 0 Å². The quantitative estimate of drug-likeness (QED) is 0.840. The summed E-state index contributed by atoms with van der Waals surface area (Å²) in [5, 5.41) is 3.90. The largest absolute Gasteiger partial charge is 0.383 e. The van der Waals surface area contributed by atoms with Crippen LogP contribution in [0.25, 0.3) is 0 Å². The summed E-state index contributed by atoms with van der Waals surface area (Å²) in [7, 11) is 0. The van der Waals surface area contributed by atoms with E-state index in [1.165, 1.54) is 17.6 Å². The van der Waals surface area contributed by atoms with E-state index in [0.717, 1.165) is 5.00 Å². The number of nitrogens with zero attached hydrogens (tertiary/aromatic N) is 1. The lowest BCUT2D eigenvalue weighted by Gasteiger charge is -2.03. The fraction of sp³-hybridized carbons (Fsp3) is 0.100. The minimum atomic E-state index is -0.206. The van der Waals surface area contributed by atoms with E-state index in [-0.39, 0.29) is 5.82 Å². The average Bonchev–Trinajstić information content (AvgIpc) is 2.63. The molecule has 0 amide bonds. The van der Waals surface area contributed by atoms with Crippen molar-refractivity contribution in [1.29, 1.82) is 0 Å². The Labute approximate surface area is 90.9 Å². The molecule has 5 heteroatoms. The zero-order chi connectivity index (χ0) is 10.7. The number of rotatable bonds is 3. The van der Waals surface area contributed by atoms with Crippen molar-refractivity contribution in [1.82, 2.24) is 4.37 Å². The van der Waals surface area contributed by atoms with Crippen molar-refractivity contribution in [2.45, 2.75) is 6.54 Å². The van der Waals surface area contributed by atoms with Crippen LogP contribution >= 0.6 is 11.5 Å². The van der Waals surface area contributed by atoms with Gasteiger partial charge < -0.3 is 11.1 Å². The predicted molar refractivity (Wildman–Crippen MR) is 60.3 cm³/mol. The van der Waals surface area contributed by atoms with Crippen LogP contribution in [0.4, 0.5) is 15.2 Å². The number of nitrogens with two attached hydrogens (primary N) is 1. The van der Waals surface area contributed by atoms with E-state index in [1.54, 1.807) is 24.3 Å². The molecule has 78 valence electrons. The van der Waals surface area contributed by atoms with Gasteiger partial charge in [0.25, 0.3) is 0 Å². The number of halogens is 1. The number of aromatic nitrogens is 1. The molecule has 0 aliphatic heterocycles. The molecule has 1 aromatic heterocycles. The normalized spacial score (nSPS) is 10.2. The van der Waals surface area contributed by atoms with E-state index in [1.807, 2.05) is 0 Å². The minimum absolute atomic E-state index is 0.206. The number of nitrogen functional groups attached to an aromatic ring is 1. The third-order valence-corrected chi connectivity index (χ3v) is 2.70. The van der Waals surface area contributed by atoms with Crippen molar-refractivity contribution in [3.05, 3.63) is 41.7 Å². The first kappa shape index (κ1) is 9.92. The third-order valence-electron chi connectivity index (χ3n) is 1.94. The number of hydrogen-bond donors (Lipinski definition) is 2. The van der Waals surface area contributed by atoms with Gasteiger partial charge in [-0.1, -0.05) is 18.2 Å². The Morgan fingerprint density at radius 1 is 1.40 bits per heavy atom. The molecule has 3 nitrogen and oxygen atoms in total. The van der Waals surface area contributed by atoms with Gasteiger partial charge in [0.05, 0.1) is 0 Å².